The van der Waals surface area contributed by atoms with Gasteiger partial charge in [-0.05, 0) is 17.7 Å². The van der Waals surface area contributed by atoms with E-state index in [0.717, 1.165) is 11.8 Å². The molecular weight excluding hydrogens is 331 g/mol. The van der Waals surface area contributed by atoms with Crippen LogP contribution < -0.4 is 5.32 Å². The molecule has 0 aliphatic rings. The highest BCUT2D eigenvalue weighted by molar-refractivity contribution is 5.90. The van der Waals surface area contributed by atoms with Crippen molar-refractivity contribution in [1.82, 2.24) is 19.6 Å². The highest BCUT2D eigenvalue weighted by Crippen LogP contribution is 2.11. The lowest BCUT2D eigenvalue weighted by molar-refractivity contribution is -0.385. The zero-order valence-electron chi connectivity index (χ0n) is 12.9. The SMILES string of the molecule is O=C(Cn1cc([N+](=O)[O-])cn1)Nc1cnn(Cc2cccc(F)c2)c1. The Kier molecular flexibility index (Phi) is 4.50. The van der Waals surface area contributed by atoms with Gasteiger partial charge in [0.2, 0.25) is 5.91 Å². The van der Waals surface area contributed by atoms with E-state index in [4.69, 9.17) is 0 Å². The van der Waals surface area contributed by atoms with Crippen LogP contribution in [0.5, 0.6) is 0 Å². The molecule has 0 spiro atoms. The van der Waals surface area contributed by atoms with Crippen LogP contribution in [0.25, 0.3) is 0 Å². The van der Waals surface area contributed by atoms with Gasteiger partial charge in [-0.25, -0.2) is 4.39 Å². The molecular formula is C15H13FN6O3. The number of nitrogens with zero attached hydrogens (tertiary/aromatic N) is 5. The molecule has 25 heavy (non-hydrogen) atoms. The molecule has 0 aliphatic carbocycles. The van der Waals surface area contributed by atoms with E-state index in [0.29, 0.717) is 12.2 Å². The third-order valence-corrected chi connectivity index (χ3v) is 3.29. The number of nitrogens with one attached hydrogen (secondary N) is 1. The minimum absolute atomic E-state index is 0.164. The van der Waals surface area contributed by atoms with Gasteiger partial charge >= 0.3 is 5.69 Å². The molecule has 1 N–H and O–H groups in total. The van der Waals surface area contributed by atoms with E-state index < -0.39 is 10.8 Å². The number of nitro groups is 1. The number of benzene rings is 1. The molecule has 1 aromatic carbocycles. The number of carbonyl (C=O) groups excluding carboxylic acids is 1. The van der Waals surface area contributed by atoms with Crippen LogP contribution in [0.2, 0.25) is 0 Å². The van der Waals surface area contributed by atoms with Gasteiger partial charge in [0.15, 0.2) is 0 Å². The third kappa shape index (κ3) is 4.25. The normalized spacial score (nSPS) is 10.6. The van der Waals surface area contributed by atoms with Crippen molar-refractivity contribution in [3.05, 3.63) is 70.5 Å². The number of amides is 1. The topological polar surface area (TPSA) is 108 Å². The number of carbonyl (C=O) groups is 1. The molecule has 10 heteroatoms. The fourth-order valence-corrected chi connectivity index (χ4v) is 2.22. The van der Waals surface area contributed by atoms with E-state index in [1.807, 2.05) is 0 Å². The molecule has 3 aromatic rings. The first-order valence-corrected chi connectivity index (χ1v) is 7.23. The van der Waals surface area contributed by atoms with Gasteiger partial charge < -0.3 is 5.32 Å². The van der Waals surface area contributed by atoms with Gasteiger partial charge in [-0.15, -0.1) is 0 Å². The molecule has 2 aromatic heterocycles. The number of aromatic nitrogens is 4. The monoisotopic (exact) mass is 344 g/mol. The van der Waals surface area contributed by atoms with Crippen LogP contribution in [-0.2, 0) is 17.9 Å². The smallest absolute Gasteiger partial charge is 0.307 e. The molecule has 1 amide bonds. The minimum atomic E-state index is -0.585. The van der Waals surface area contributed by atoms with E-state index in [1.165, 1.54) is 29.2 Å². The molecule has 128 valence electrons. The van der Waals surface area contributed by atoms with E-state index >= 15 is 0 Å². The van der Waals surface area contributed by atoms with Crippen LogP contribution in [0.1, 0.15) is 5.56 Å². The summed E-state index contributed by atoms with van der Waals surface area (Å²) in [6.45, 7) is 0.196. The first-order chi connectivity index (χ1) is 12.0. The van der Waals surface area contributed by atoms with E-state index in [9.17, 15) is 19.3 Å². The lowest BCUT2D eigenvalue weighted by Crippen LogP contribution is -2.18. The average Bonchev–Trinajstić information content (AvgIpc) is 3.17. The van der Waals surface area contributed by atoms with E-state index in [-0.39, 0.29) is 18.0 Å². The predicted octanol–water partition coefficient (Wildman–Crippen LogP) is 1.81. The predicted molar refractivity (Wildman–Crippen MR) is 85.2 cm³/mol. The van der Waals surface area contributed by atoms with E-state index in [1.54, 1.807) is 23.0 Å². The summed E-state index contributed by atoms with van der Waals surface area (Å²) in [7, 11) is 0. The minimum Gasteiger partial charge on any atom is -0.322 e. The van der Waals surface area contributed by atoms with Gasteiger partial charge in [0.05, 0.1) is 23.4 Å². The van der Waals surface area contributed by atoms with Gasteiger partial charge in [-0.2, -0.15) is 10.2 Å². The Bertz CT molecular complexity index is 919. The average molecular weight is 344 g/mol. The Morgan fingerprint density at radius 3 is 2.76 bits per heavy atom. The van der Waals surface area contributed by atoms with Crippen LogP contribution in [0.3, 0.4) is 0 Å². The van der Waals surface area contributed by atoms with Crippen LogP contribution in [0, 0.1) is 15.9 Å². The molecule has 0 radical (unpaired) electrons. The van der Waals surface area contributed by atoms with Crippen LogP contribution in [-0.4, -0.2) is 30.4 Å². The number of hydrogen-bond donors (Lipinski definition) is 1. The van der Waals surface area contributed by atoms with Gasteiger partial charge in [0.1, 0.15) is 24.8 Å². The van der Waals surface area contributed by atoms with Gasteiger partial charge in [0, 0.05) is 6.20 Å². The number of anilines is 1. The zero-order chi connectivity index (χ0) is 17.8. The summed E-state index contributed by atoms with van der Waals surface area (Å²) in [6.07, 6.45) is 5.31. The number of hydrogen-bond acceptors (Lipinski definition) is 5. The lowest BCUT2D eigenvalue weighted by atomic mass is 10.2. The maximum atomic E-state index is 13.2. The molecule has 9 nitrogen and oxygen atoms in total. The van der Waals surface area contributed by atoms with Crippen molar-refractivity contribution in [2.45, 2.75) is 13.1 Å². The molecule has 0 saturated heterocycles. The second-order valence-corrected chi connectivity index (χ2v) is 5.26. The zero-order valence-corrected chi connectivity index (χ0v) is 12.9. The van der Waals surface area contributed by atoms with Crippen molar-refractivity contribution in [3.63, 3.8) is 0 Å². The standard InChI is InChI=1S/C15H13FN6O3/c16-12-3-1-2-11(4-12)7-20-8-13(5-17-20)19-15(23)10-21-9-14(6-18-21)22(24)25/h1-6,8-9H,7,10H2,(H,19,23). The van der Waals surface area contributed by atoms with Crippen molar-refractivity contribution in [2.24, 2.45) is 0 Å². The summed E-state index contributed by atoms with van der Waals surface area (Å²) in [6, 6.07) is 6.15. The summed E-state index contributed by atoms with van der Waals surface area (Å²) in [5.41, 5.74) is 1.02. The summed E-state index contributed by atoms with van der Waals surface area (Å²) >= 11 is 0. The Labute approximate surface area is 140 Å². The van der Waals surface area contributed by atoms with Gasteiger partial charge in [-0.1, -0.05) is 12.1 Å². The second-order valence-electron chi connectivity index (χ2n) is 5.26. The van der Waals surface area contributed by atoms with Crippen molar-refractivity contribution >= 4 is 17.3 Å². The Balaban J connectivity index is 1.58. The molecule has 0 bridgehead atoms. The summed E-state index contributed by atoms with van der Waals surface area (Å²) in [5, 5.41) is 21.0. The second kappa shape index (κ2) is 6.91. The maximum Gasteiger partial charge on any atom is 0.307 e. The van der Waals surface area contributed by atoms with Crippen LogP contribution in [0.15, 0.2) is 49.1 Å². The van der Waals surface area contributed by atoms with Gasteiger partial charge in [0.25, 0.3) is 0 Å². The fourth-order valence-electron chi connectivity index (χ4n) is 2.22. The molecule has 0 atom stereocenters. The lowest BCUT2D eigenvalue weighted by Gasteiger charge is -2.03. The summed E-state index contributed by atoms with van der Waals surface area (Å²) < 4.78 is 15.9. The maximum absolute atomic E-state index is 13.2. The highest BCUT2D eigenvalue weighted by Gasteiger charge is 2.12. The van der Waals surface area contributed by atoms with Crippen molar-refractivity contribution in [3.8, 4) is 0 Å². The Morgan fingerprint density at radius 1 is 1.24 bits per heavy atom. The quantitative estimate of drug-likeness (QED) is 0.542. The summed E-state index contributed by atoms with van der Waals surface area (Å²) in [5.74, 6) is -0.727. The van der Waals surface area contributed by atoms with Crippen molar-refractivity contribution in [1.29, 1.82) is 0 Å². The molecule has 2 heterocycles. The Morgan fingerprint density at radius 2 is 2.04 bits per heavy atom. The van der Waals surface area contributed by atoms with Crippen LogP contribution >= 0.6 is 0 Å². The highest BCUT2D eigenvalue weighted by atomic mass is 19.1. The van der Waals surface area contributed by atoms with E-state index in [2.05, 4.69) is 15.5 Å². The third-order valence-electron chi connectivity index (χ3n) is 3.29. The molecule has 0 saturated carbocycles. The molecule has 0 aliphatic heterocycles. The van der Waals surface area contributed by atoms with Gasteiger partial charge in [-0.3, -0.25) is 24.3 Å². The molecule has 0 unspecified atom stereocenters. The number of halogens is 1. The van der Waals surface area contributed by atoms with Crippen LogP contribution in [0.4, 0.5) is 15.8 Å². The summed E-state index contributed by atoms with van der Waals surface area (Å²) in [4.78, 5) is 21.9. The molecule has 3 rings (SSSR count). The fraction of sp³-hybridized carbons (Fsp3) is 0.133. The first-order valence-electron chi connectivity index (χ1n) is 7.23. The Hall–Kier alpha value is -3.56. The molecule has 0 fully saturated rings. The first kappa shape index (κ1) is 16.3. The largest absolute Gasteiger partial charge is 0.322 e. The van der Waals surface area contributed by atoms with Crippen molar-refractivity contribution < 1.29 is 14.1 Å². The number of rotatable bonds is 6. The van der Waals surface area contributed by atoms with Crippen molar-refractivity contribution in [2.75, 3.05) is 5.32 Å².